The summed E-state index contributed by atoms with van der Waals surface area (Å²) in [5.74, 6) is 0.916. The number of nitrogens with zero attached hydrogens (tertiary/aromatic N) is 1. The predicted octanol–water partition coefficient (Wildman–Crippen LogP) is 3.34. The van der Waals surface area contributed by atoms with Gasteiger partial charge in [0.2, 0.25) is 1.43 Å². The van der Waals surface area contributed by atoms with Crippen molar-refractivity contribution in [3.05, 3.63) is 35.8 Å². The summed E-state index contributed by atoms with van der Waals surface area (Å²) in [6.07, 6.45) is 2.19. The van der Waals surface area contributed by atoms with Gasteiger partial charge in [0.15, 0.2) is 12.2 Å². The van der Waals surface area contributed by atoms with Crippen LogP contribution in [-0.2, 0) is 15.1 Å². The standard InChI is InChI=1S/C22H31NO3/c1-3-23(4-2)17-11-12-18-26-21(24)22(25,19-13-7-5-8-14-19)20-15-9-6-10-16-20/h5,7-8,13-14,20,25H,3-4,6,9-10,15-18H2,1-2H3/i1D3,2D3,5D,7D,8D,13D,14D,17D2,18D2,25D. The minimum Gasteiger partial charge on any atom is -0.450 e. The van der Waals surface area contributed by atoms with Crippen molar-refractivity contribution in [2.24, 2.45) is 5.92 Å². The number of carbonyl (C=O) groups is 1. The highest BCUT2D eigenvalue weighted by Crippen LogP contribution is 2.40. The lowest BCUT2D eigenvalue weighted by atomic mass is 9.73. The van der Waals surface area contributed by atoms with Crippen LogP contribution in [0.15, 0.2) is 30.2 Å². The highest BCUT2D eigenvalue weighted by atomic mass is 16.5. The topological polar surface area (TPSA) is 49.8 Å². The minimum atomic E-state index is -3.35. The Bertz CT molecular complexity index is 1170. The van der Waals surface area contributed by atoms with E-state index < -0.39 is 93.1 Å². The number of aliphatic hydroxyl groups is 1. The Morgan fingerprint density at radius 2 is 2.08 bits per heavy atom. The number of esters is 1. The fraction of sp³-hybridized carbons (Fsp3) is 0.591. The number of carbonyl (C=O) groups excluding carboxylic acids is 1. The van der Waals surface area contributed by atoms with Crippen molar-refractivity contribution in [1.29, 1.82) is 1.43 Å². The first-order valence-corrected chi connectivity index (χ1v) is 8.23. The maximum atomic E-state index is 13.7. The van der Waals surface area contributed by atoms with Gasteiger partial charge in [0.25, 0.3) is 0 Å². The van der Waals surface area contributed by atoms with Gasteiger partial charge >= 0.3 is 5.97 Å². The van der Waals surface area contributed by atoms with Crippen LogP contribution in [0.2, 0.25) is 0 Å². The number of hydrogen-bond donors (Lipinski definition) is 1. The van der Waals surface area contributed by atoms with E-state index in [2.05, 4.69) is 0 Å². The van der Waals surface area contributed by atoms with Crippen molar-refractivity contribution in [3.8, 4) is 11.8 Å². The summed E-state index contributed by atoms with van der Waals surface area (Å²) in [5, 5.41) is 4.86. The summed E-state index contributed by atoms with van der Waals surface area (Å²) >= 11 is 0. The van der Waals surface area contributed by atoms with E-state index in [1.165, 1.54) is 0 Å². The second-order valence-electron chi connectivity index (χ2n) is 5.78. The fourth-order valence-electron chi connectivity index (χ4n) is 2.83. The molecule has 1 saturated carbocycles. The smallest absolute Gasteiger partial charge is 0.344 e. The summed E-state index contributed by atoms with van der Waals surface area (Å²) in [6.45, 7) is -14.1. The van der Waals surface area contributed by atoms with E-state index in [0.29, 0.717) is 17.7 Å². The predicted molar refractivity (Wildman–Crippen MR) is 103 cm³/mol. The van der Waals surface area contributed by atoms with Crippen molar-refractivity contribution in [3.63, 3.8) is 0 Å². The second kappa shape index (κ2) is 10.4. The Morgan fingerprint density at radius 1 is 1.35 bits per heavy atom. The van der Waals surface area contributed by atoms with Gasteiger partial charge in [-0.1, -0.05) is 75.0 Å². The maximum Gasteiger partial charge on any atom is 0.344 e. The molecule has 1 aromatic carbocycles. The molecule has 0 amide bonds. The van der Waals surface area contributed by atoms with Gasteiger partial charge in [-0.3, -0.25) is 4.90 Å². The Hall–Kier alpha value is -1.83. The Morgan fingerprint density at radius 3 is 2.73 bits per heavy atom. The molecule has 1 aliphatic rings. The zero-order valence-electron chi connectivity index (χ0n) is 30.2. The third-order valence-corrected chi connectivity index (χ3v) is 4.21. The molecule has 0 aromatic heterocycles. The molecule has 2 rings (SSSR count). The SMILES string of the molecule is [2H]OC(C(=O)OC([2H])([2H])C#CC([2H])([2H])N(CC([2H])([2H])[2H])CC([2H])([2H])[2H])(c1c([2H])c([2H])c([2H])c([2H])c1[2H])C1CCCCC1. The van der Waals surface area contributed by atoms with Crippen LogP contribution in [0.5, 0.6) is 0 Å². The molecule has 0 radical (unpaired) electrons. The van der Waals surface area contributed by atoms with Crippen molar-refractivity contribution >= 4 is 5.97 Å². The van der Waals surface area contributed by atoms with E-state index in [-0.39, 0.29) is 12.8 Å². The molecule has 0 spiro atoms. The van der Waals surface area contributed by atoms with Gasteiger partial charge in [-0.15, -0.1) is 0 Å². The minimum absolute atomic E-state index is 0.201. The molecule has 1 aliphatic carbocycles. The Kier molecular flexibility index (Phi) is 3.05. The molecule has 0 heterocycles. The average molecular weight is 374 g/mol. The number of benzene rings is 1. The highest BCUT2D eigenvalue weighted by Gasteiger charge is 2.46. The Labute approximate surface area is 180 Å². The lowest BCUT2D eigenvalue weighted by Crippen LogP contribution is -2.45. The monoisotopic (exact) mass is 373 g/mol. The fourth-order valence-corrected chi connectivity index (χ4v) is 2.83. The Balaban J connectivity index is 2.61. The van der Waals surface area contributed by atoms with E-state index >= 15 is 0 Å². The molecule has 1 atom stereocenters. The van der Waals surface area contributed by atoms with Gasteiger partial charge in [0, 0.05) is 14.1 Å². The number of ether oxygens (including phenoxy) is 1. The number of rotatable bonds is 8. The first-order chi connectivity index (χ1) is 19.0. The summed E-state index contributed by atoms with van der Waals surface area (Å²) < 4.78 is 130. The van der Waals surface area contributed by atoms with Crippen molar-refractivity contribution in [2.75, 3.05) is 26.1 Å². The van der Waals surface area contributed by atoms with Gasteiger partial charge < -0.3 is 9.85 Å². The summed E-state index contributed by atoms with van der Waals surface area (Å²) in [7, 11) is 0. The van der Waals surface area contributed by atoms with Crippen LogP contribution in [0, 0.1) is 17.8 Å². The van der Waals surface area contributed by atoms with Crippen molar-refractivity contribution in [2.45, 2.75) is 51.4 Å². The van der Waals surface area contributed by atoms with Gasteiger partial charge in [0.05, 0.1) is 18.8 Å². The molecular formula is C22H31NO3. The quantitative estimate of drug-likeness (QED) is 0.561. The lowest BCUT2D eigenvalue weighted by Gasteiger charge is -2.36. The van der Waals surface area contributed by atoms with E-state index in [4.69, 9.17) is 31.8 Å². The zero-order valence-corrected chi connectivity index (χ0v) is 14.2. The highest BCUT2D eigenvalue weighted by molar-refractivity contribution is 5.81. The first-order valence-electron chi connectivity index (χ1n) is 16.1. The normalized spacial score (nSPS) is 28.2. The van der Waals surface area contributed by atoms with Gasteiger partial charge in [-0.25, -0.2) is 4.79 Å². The van der Waals surface area contributed by atoms with Crippen LogP contribution in [-0.4, -0.2) is 43.6 Å². The van der Waals surface area contributed by atoms with Crippen LogP contribution in [0.4, 0.5) is 0 Å². The molecule has 1 N–H and O–H groups in total. The average Bonchev–Trinajstić information content (AvgIpc) is 2.86. The van der Waals surface area contributed by atoms with Crippen LogP contribution in [0.1, 0.15) is 71.9 Å². The van der Waals surface area contributed by atoms with Gasteiger partial charge in [-0.2, -0.15) is 0 Å². The molecular weight excluding hydrogens is 326 g/mol. The molecule has 0 aliphatic heterocycles. The molecule has 1 aromatic rings. The van der Waals surface area contributed by atoms with Crippen LogP contribution >= 0.6 is 0 Å². The number of hydrogen-bond acceptors (Lipinski definition) is 4. The molecule has 0 saturated heterocycles. The van der Waals surface area contributed by atoms with Gasteiger partial charge in [0.1, 0.15) is 0 Å². The molecule has 142 valence electrons. The van der Waals surface area contributed by atoms with Crippen molar-refractivity contribution in [1.82, 2.24) is 4.90 Å². The van der Waals surface area contributed by atoms with E-state index in [9.17, 15) is 4.79 Å². The van der Waals surface area contributed by atoms with E-state index in [0.717, 1.165) is 6.42 Å². The molecule has 1 unspecified atom stereocenters. The second-order valence-corrected chi connectivity index (χ2v) is 5.78. The summed E-state index contributed by atoms with van der Waals surface area (Å²) in [6, 6.07) is -4.13. The summed E-state index contributed by atoms with van der Waals surface area (Å²) in [5.41, 5.74) is -3.41. The van der Waals surface area contributed by atoms with Crippen LogP contribution in [0.25, 0.3) is 0 Å². The zero-order chi connectivity index (χ0) is 32.5. The largest absolute Gasteiger partial charge is 0.450 e. The first kappa shape index (κ1) is 7.66. The molecule has 4 heteroatoms. The van der Waals surface area contributed by atoms with Crippen LogP contribution in [0.3, 0.4) is 0 Å². The van der Waals surface area contributed by atoms with Gasteiger partial charge in [-0.05, 0) is 31.5 Å². The third kappa shape index (κ3) is 5.09. The third-order valence-electron chi connectivity index (χ3n) is 4.21. The molecule has 4 nitrogen and oxygen atoms in total. The molecule has 1 fully saturated rings. The molecule has 0 bridgehead atoms. The van der Waals surface area contributed by atoms with Crippen LogP contribution < -0.4 is 0 Å². The van der Waals surface area contributed by atoms with Crippen molar-refractivity contribution < 1.29 is 35.2 Å². The lowest BCUT2D eigenvalue weighted by molar-refractivity contribution is -0.174. The molecule has 26 heavy (non-hydrogen) atoms. The summed E-state index contributed by atoms with van der Waals surface area (Å²) in [4.78, 5) is 14.1. The van der Waals surface area contributed by atoms with E-state index in [1.807, 2.05) is 0 Å². The maximum absolute atomic E-state index is 13.7. The van der Waals surface area contributed by atoms with E-state index in [1.54, 1.807) is 11.8 Å².